The van der Waals surface area contributed by atoms with Gasteiger partial charge in [0.1, 0.15) is 5.65 Å². The number of benzene rings is 1. The summed E-state index contributed by atoms with van der Waals surface area (Å²) < 4.78 is 2.70. The van der Waals surface area contributed by atoms with Crippen LogP contribution in [0.25, 0.3) is 11.0 Å². The molecule has 0 radical (unpaired) electrons. The molecule has 0 bridgehead atoms. The topological polar surface area (TPSA) is 90.9 Å². The Labute approximate surface area is 219 Å². The van der Waals surface area contributed by atoms with Gasteiger partial charge in [-0.25, -0.2) is 4.98 Å². The number of hydrogen-bond acceptors (Lipinski definition) is 5. The number of carbonyl (C=O) groups excluding carboxylic acids is 1. The number of nitrogens with one attached hydrogen (secondary N) is 3. The van der Waals surface area contributed by atoms with Gasteiger partial charge in [-0.3, -0.25) is 9.48 Å². The highest BCUT2D eigenvalue weighted by molar-refractivity contribution is 9.10. The smallest absolute Gasteiger partial charge is 0.258 e. The lowest BCUT2D eigenvalue weighted by Gasteiger charge is -2.36. The first-order chi connectivity index (χ1) is 17.5. The van der Waals surface area contributed by atoms with Gasteiger partial charge in [0.15, 0.2) is 0 Å². The number of H-pyrrole nitrogens is 1. The monoisotopic (exact) mass is 549 g/mol. The molecular weight excluding hydrogens is 518 g/mol. The molecule has 1 fully saturated rings. The van der Waals surface area contributed by atoms with Crippen molar-refractivity contribution in [3.8, 4) is 0 Å². The maximum atomic E-state index is 13.2. The minimum atomic E-state index is -0.198. The summed E-state index contributed by atoms with van der Waals surface area (Å²) in [6, 6.07) is 10.5. The summed E-state index contributed by atoms with van der Waals surface area (Å²) in [4.78, 5) is 23.3. The van der Waals surface area contributed by atoms with Crippen molar-refractivity contribution in [2.75, 3.05) is 29.9 Å². The summed E-state index contributed by atoms with van der Waals surface area (Å²) in [6.07, 6.45) is 9.31. The zero-order chi connectivity index (χ0) is 25.1. The highest BCUT2D eigenvalue weighted by Gasteiger charge is 2.25. The van der Waals surface area contributed by atoms with E-state index in [0.29, 0.717) is 29.8 Å². The predicted octanol–water partition coefficient (Wildman–Crippen LogP) is 5.04. The number of aromatic nitrogens is 4. The van der Waals surface area contributed by atoms with E-state index in [0.717, 1.165) is 52.8 Å². The van der Waals surface area contributed by atoms with Crippen LogP contribution >= 0.6 is 15.9 Å². The van der Waals surface area contributed by atoms with Gasteiger partial charge in [-0.2, -0.15) is 5.10 Å². The lowest BCUT2D eigenvalue weighted by molar-refractivity contribution is 0.102. The van der Waals surface area contributed by atoms with E-state index in [1.54, 1.807) is 17.1 Å². The van der Waals surface area contributed by atoms with Gasteiger partial charge >= 0.3 is 0 Å². The average molecular weight is 551 g/mol. The number of anilines is 2. The van der Waals surface area contributed by atoms with E-state index in [-0.39, 0.29) is 5.91 Å². The van der Waals surface area contributed by atoms with Crippen LogP contribution in [0.4, 0.5) is 11.4 Å². The van der Waals surface area contributed by atoms with Crippen molar-refractivity contribution < 1.29 is 4.79 Å². The zero-order valence-corrected chi connectivity index (χ0v) is 22.3. The minimum absolute atomic E-state index is 0.198. The Morgan fingerprint density at radius 2 is 2.08 bits per heavy atom. The van der Waals surface area contributed by atoms with Crippen molar-refractivity contribution in [1.29, 1.82) is 0 Å². The number of rotatable bonds is 8. The number of pyridine rings is 1. The molecule has 1 amide bonds. The Kier molecular flexibility index (Phi) is 7.38. The quantitative estimate of drug-likeness (QED) is 0.286. The third kappa shape index (κ3) is 5.47. The van der Waals surface area contributed by atoms with Crippen LogP contribution in [0.1, 0.15) is 42.6 Å². The Hall–Kier alpha value is -3.17. The largest absolute Gasteiger partial charge is 0.368 e. The van der Waals surface area contributed by atoms with Crippen LogP contribution in [0.5, 0.6) is 0 Å². The summed E-state index contributed by atoms with van der Waals surface area (Å²) >= 11 is 3.74. The average Bonchev–Trinajstić information content (AvgIpc) is 3.51. The Bertz CT molecular complexity index is 1330. The van der Waals surface area contributed by atoms with Gasteiger partial charge in [-0.05, 0) is 46.8 Å². The van der Waals surface area contributed by atoms with Gasteiger partial charge in [-0.1, -0.05) is 44.2 Å². The van der Waals surface area contributed by atoms with Crippen molar-refractivity contribution in [1.82, 2.24) is 25.1 Å². The number of carbonyl (C=O) groups is 1. The van der Waals surface area contributed by atoms with Crippen LogP contribution in [0, 0.1) is 5.92 Å². The number of piperidine rings is 1. The van der Waals surface area contributed by atoms with E-state index in [9.17, 15) is 4.79 Å². The highest BCUT2D eigenvalue weighted by atomic mass is 79.9. The van der Waals surface area contributed by atoms with Gasteiger partial charge in [0.05, 0.1) is 39.5 Å². The first kappa shape index (κ1) is 24.5. The molecule has 1 aromatic carbocycles. The number of halogens is 1. The minimum Gasteiger partial charge on any atom is -0.368 e. The molecule has 8 nitrogen and oxygen atoms in total. The van der Waals surface area contributed by atoms with Gasteiger partial charge in [0.25, 0.3) is 5.91 Å². The molecule has 1 saturated heterocycles. The maximum absolute atomic E-state index is 13.2. The molecule has 1 atom stereocenters. The second-order valence-electron chi connectivity index (χ2n) is 9.83. The predicted molar refractivity (Wildman–Crippen MR) is 148 cm³/mol. The summed E-state index contributed by atoms with van der Waals surface area (Å²) in [5.41, 5.74) is 4.17. The third-order valence-corrected chi connectivity index (χ3v) is 7.09. The number of nitrogens with zero attached hydrogens (tertiary/aromatic N) is 4. The maximum Gasteiger partial charge on any atom is 0.258 e. The standard InChI is InChI=1S/C27H32BrN7O/c1-18(2)11-29-21-9-6-10-34(17-21)25-22(28)13-30-26-24(25)23(14-31-26)33-27(36)20-12-32-35(16-20)15-19-7-4-3-5-8-19/h3-5,7-8,12-14,16,18,21,29H,6,9-11,15,17H2,1-2H3,(H,30,31)(H,33,36)/t21-/m1/s1. The molecule has 36 heavy (non-hydrogen) atoms. The summed E-state index contributed by atoms with van der Waals surface area (Å²) in [5, 5.41) is 12.1. The number of aromatic amines is 1. The second kappa shape index (κ2) is 10.8. The molecule has 0 unspecified atom stereocenters. The molecular formula is C27H32BrN7O. The Morgan fingerprint density at radius 3 is 2.89 bits per heavy atom. The molecule has 0 spiro atoms. The number of amides is 1. The molecule has 1 aliphatic rings. The molecule has 9 heteroatoms. The van der Waals surface area contributed by atoms with Crippen molar-refractivity contribution in [2.45, 2.75) is 39.3 Å². The molecule has 1 aliphatic heterocycles. The molecule has 3 N–H and O–H groups in total. The van der Waals surface area contributed by atoms with Crippen molar-refractivity contribution >= 4 is 44.2 Å². The number of hydrogen-bond donors (Lipinski definition) is 3. The van der Waals surface area contributed by atoms with Crippen LogP contribution in [-0.4, -0.2) is 51.3 Å². The molecule has 5 rings (SSSR count). The second-order valence-corrected chi connectivity index (χ2v) is 10.7. The summed E-state index contributed by atoms with van der Waals surface area (Å²) in [7, 11) is 0. The fourth-order valence-corrected chi connectivity index (χ4v) is 5.30. The Morgan fingerprint density at radius 1 is 1.25 bits per heavy atom. The van der Waals surface area contributed by atoms with Crippen molar-refractivity contribution in [3.63, 3.8) is 0 Å². The van der Waals surface area contributed by atoms with Gasteiger partial charge in [0, 0.05) is 37.7 Å². The van der Waals surface area contributed by atoms with Crippen LogP contribution in [0.2, 0.25) is 0 Å². The van der Waals surface area contributed by atoms with E-state index < -0.39 is 0 Å². The van der Waals surface area contributed by atoms with Gasteiger partial charge < -0.3 is 20.5 Å². The van der Waals surface area contributed by atoms with Gasteiger partial charge in [-0.15, -0.1) is 0 Å². The zero-order valence-electron chi connectivity index (χ0n) is 20.7. The van der Waals surface area contributed by atoms with Crippen LogP contribution in [-0.2, 0) is 6.54 Å². The van der Waals surface area contributed by atoms with Crippen LogP contribution in [0.3, 0.4) is 0 Å². The van der Waals surface area contributed by atoms with E-state index in [4.69, 9.17) is 0 Å². The molecule has 0 aliphatic carbocycles. The molecule has 4 aromatic rings. The molecule has 4 heterocycles. The van der Waals surface area contributed by atoms with Crippen LogP contribution < -0.4 is 15.5 Å². The van der Waals surface area contributed by atoms with E-state index in [1.807, 2.05) is 42.7 Å². The first-order valence-corrected chi connectivity index (χ1v) is 13.3. The molecule has 0 saturated carbocycles. The van der Waals surface area contributed by atoms with E-state index in [2.05, 4.69) is 60.4 Å². The molecule has 3 aromatic heterocycles. The highest BCUT2D eigenvalue weighted by Crippen LogP contribution is 2.39. The lowest BCUT2D eigenvalue weighted by atomic mass is 10.0. The third-order valence-electron chi connectivity index (χ3n) is 6.51. The first-order valence-electron chi connectivity index (χ1n) is 12.5. The fourth-order valence-electron chi connectivity index (χ4n) is 4.74. The van der Waals surface area contributed by atoms with Crippen LogP contribution in [0.15, 0.2) is 59.6 Å². The van der Waals surface area contributed by atoms with Crippen molar-refractivity contribution in [2.24, 2.45) is 5.92 Å². The normalized spacial score (nSPS) is 16.1. The fraction of sp³-hybridized carbons (Fsp3) is 0.370. The number of fused-ring (bicyclic) bond motifs is 1. The lowest BCUT2D eigenvalue weighted by Crippen LogP contribution is -2.46. The summed E-state index contributed by atoms with van der Waals surface area (Å²) in [5.74, 6) is 0.416. The Balaban J connectivity index is 1.36. The SMILES string of the molecule is CC(C)CN[C@@H]1CCCN(c2c(Br)cnc3[nH]cc(NC(=O)c4cnn(Cc5ccccc5)c4)c23)C1. The van der Waals surface area contributed by atoms with E-state index >= 15 is 0 Å². The summed E-state index contributed by atoms with van der Waals surface area (Å²) in [6.45, 7) is 7.96. The van der Waals surface area contributed by atoms with E-state index in [1.165, 1.54) is 6.42 Å². The van der Waals surface area contributed by atoms with Crippen molar-refractivity contribution in [3.05, 3.63) is 70.7 Å². The van der Waals surface area contributed by atoms with Gasteiger partial charge in [0.2, 0.25) is 0 Å². The molecule has 188 valence electrons.